The first kappa shape index (κ1) is 67.5. The number of carbonyl (C=O) groups is 3. The van der Waals surface area contributed by atoms with Crippen LogP contribution in [0.3, 0.4) is 0 Å². The van der Waals surface area contributed by atoms with Crippen LogP contribution in [0.15, 0.2) is 65.7 Å². The van der Waals surface area contributed by atoms with Gasteiger partial charge >= 0.3 is 33.3 Å². The summed E-state index contributed by atoms with van der Waals surface area (Å²) in [4.78, 5) is 73.8. The van der Waals surface area contributed by atoms with Crippen LogP contribution in [0.5, 0.6) is 0 Å². The fourth-order valence-electron chi connectivity index (χ4n) is 8.04. The summed E-state index contributed by atoms with van der Waals surface area (Å²) in [5.74, 6) is -0.462. The number of aliphatic hydroxyl groups excluding tert-OH is 2. The average molecular weight is 1100 g/mol. The molecule has 0 aromatic carbocycles. The van der Waals surface area contributed by atoms with Crippen molar-refractivity contribution in [3.8, 4) is 0 Å². The summed E-state index contributed by atoms with van der Waals surface area (Å²) in [6.07, 6.45) is 34.6. The van der Waals surface area contributed by atoms with Crippen LogP contribution in [0.2, 0.25) is 0 Å². The number of nitrogens with two attached hydrogens (primary N) is 1. The second-order valence-electron chi connectivity index (χ2n) is 19.6. The highest BCUT2D eigenvalue weighted by Crippen LogP contribution is 2.60. The molecule has 0 amide bonds. The highest BCUT2D eigenvalue weighted by Gasteiger charge is 2.46. The minimum Gasteiger partial charge on any atom is -0.462 e. The molecule has 0 radical (unpaired) electrons. The molecule has 1 saturated heterocycles. The molecule has 2 unspecified atom stereocenters. The van der Waals surface area contributed by atoms with E-state index in [0.29, 0.717) is 32.1 Å². The van der Waals surface area contributed by atoms with E-state index in [1.54, 1.807) is 12.2 Å². The first-order valence-electron chi connectivity index (χ1n) is 27.5. The molecule has 7 atom stereocenters. The van der Waals surface area contributed by atoms with Gasteiger partial charge in [0, 0.05) is 25.5 Å². The molecule has 2 heterocycles. The van der Waals surface area contributed by atoms with Crippen molar-refractivity contribution in [2.45, 2.75) is 225 Å². The van der Waals surface area contributed by atoms with Crippen molar-refractivity contribution in [1.29, 1.82) is 0 Å². The molecular formula is C54H91N3O16P2. The normalized spacial score (nSPS) is 19.1. The predicted octanol–water partition coefficient (Wildman–Crippen LogP) is 11.2. The van der Waals surface area contributed by atoms with Gasteiger partial charge in [0.2, 0.25) is 0 Å². The predicted molar refractivity (Wildman–Crippen MR) is 289 cm³/mol. The maximum absolute atomic E-state index is 12.9. The lowest BCUT2D eigenvalue weighted by atomic mass is 10.0. The Morgan fingerprint density at radius 1 is 0.720 bits per heavy atom. The Hall–Kier alpha value is -3.61. The average Bonchev–Trinajstić information content (AvgIpc) is 3.63. The smallest absolute Gasteiger partial charge is 0.462 e. The topological polar surface area (TPSA) is 283 Å². The summed E-state index contributed by atoms with van der Waals surface area (Å²) < 4.78 is 56.8. The van der Waals surface area contributed by atoms with Crippen molar-refractivity contribution in [3.05, 3.63) is 71.4 Å². The minimum absolute atomic E-state index is 0.0252. The zero-order valence-corrected chi connectivity index (χ0v) is 46.8. The number of hydrogen-bond acceptors (Lipinski definition) is 16. The van der Waals surface area contributed by atoms with Crippen molar-refractivity contribution < 1.29 is 71.1 Å². The number of allylic oxidation sites excluding steroid dienone is 8. The van der Waals surface area contributed by atoms with Gasteiger partial charge in [-0.15, -0.1) is 0 Å². The Morgan fingerprint density at radius 2 is 1.28 bits per heavy atom. The summed E-state index contributed by atoms with van der Waals surface area (Å²) in [6.45, 7) is 4.29. The van der Waals surface area contributed by atoms with Crippen LogP contribution in [-0.4, -0.2) is 91.5 Å². The molecule has 0 saturated carbocycles. The SMILES string of the molecule is CCCCCC(=O)/C=C/C=C\C/C=C\C/C=C\CCCC(=O)OC[C@H](COP(=O)(O)OP(=O)(O)OC[C@H]1O[C@@H](n2ccc(N)nc2=O)[C@H](O)[C@@H]1O)OC(=O)CCCCCCCCCCCCCCCCCCC(C)C. The molecular weight excluding hydrogens is 1010 g/mol. The molecule has 75 heavy (non-hydrogen) atoms. The van der Waals surface area contributed by atoms with E-state index in [2.05, 4.69) is 30.1 Å². The lowest BCUT2D eigenvalue weighted by molar-refractivity contribution is -0.161. The van der Waals surface area contributed by atoms with Crippen molar-refractivity contribution in [3.63, 3.8) is 0 Å². The number of aliphatic hydroxyl groups is 2. The highest BCUT2D eigenvalue weighted by molar-refractivity contribution is 7.61. The van der Waals surface area contributed by atoms with E-state index < -0.39 is 83.7 Å². The van der Waals surface area contributed by atoms with Gasteiger partial charge in [-0.25, -0.2) is 13.9 Å². The van der Waals surface area contributed by atoms with Crippen molar-refractivity contribution in [2.24, 2.45) is 5.92 Å². The first-order valence-corrected chi connectivity index (χ1v) is 30.5. The van der Waals surface area contributed by atoms with Crippen LogP contribution in [0.4, 0.5) is 5.82 Å². The van der Waals surface area contributed by atoms with Gasteiger partial charge in [0.1, 0.15) is 30.7 Å². The number of nitrogen functional groups attached to an aromatic ring is 1. The quantitative estimate of drug-likeness (QED) is 0.0101. The number of ketones is 1. The van der Waals surface area contributed by atoms with E-state index in [1.807, 2.05) is 36.5 Å². The first-order chi connectivity index (χ1) is 35.9. The number of unbranched alkanes of at least 4 members (excludes halogenated alkanes) is 18. The Morgan fingerprint density at radius 3 is 1.89 bits per heavy atom. The lowest BCUT2D eigenvalue weighted by Gasteiger charge is -2.21. The van der Waals surface area contributed by atoms with Crippen LogP contribution in [-0.2, 0) is 51.1 Å². The summed E-state index contributed by atoms with van der Waals surface area (Å²) in [6, 6.07) is 1.24. The van der Waals surface area contributed by atoms with Gasteiger partial charge in [0.05, 0.1) is 13.2 Å². The minimum atomic E-state index is -5.45. The number of anilines is 1. The fraction of sp³-hybridized carbons (Fsp3) is 0.722. The molecule has 1 aromatic heterocycles. The van der Waals surface area contributed by atoms with Crippen molar-refractivity contribution >= 4 is 39.2 Å². The maximum atomic E-state index is 12.9. The van der Waals surface area contributed by atoms with Gasteiger partial charge < -0.3 is 39.9 Å². The highest BCUT2D eigenvalue weighted by atomic mass is 31.3. The second-order valence-corrected chi connectivity index (χ2v) is 22.6. The maximum Gasteiger partial charge on any atom is 0.481 e. The van der Waals surface area contributed by atoms with Crippen LogP contribution >= 0.6 is 15.6 Å². The van der Waals surface area contributed by atoms with E-state index in [4.69, 9.17) is 29.0 Å². The molecule has 0 aliphatic carbocycles. The Kier molecular flexibility index (Phi) is 36.5. The number of phosphoric acid groups is 2. The summed E-state index contributed by atoms with van der Waals surface area (Å²) >= 11 is 0. The molecule has 428 valence electrons. The van der Waals surface area contributed by atoms with Gasteiger partial charge in [0.15, 0.2) is 18.1 Å². The monoisotopic (exact) mass is 1100 g/mol. The number of aromatic nitrogens is 2. The number of carbonyl (C=O) groups excluding carboxylic acids is 3. The molecule has 0 spiro atoms. The van der Waals surface area contributed by atoms with Gasteiger partial charge in [-0.3, -0.25) is 28.0 Å². The number of nitrogens with zero attached hydrogens (tertiary/aromatic N) is 2. The van der Waals surface area contributed by atoms with Crippen molar-refractivity contribution in [2.75, 3.05) is 25.6 Å². The van der Waals surface area contributed by atoms with Crippen LogP contribution in [0.1, 0.15) is 200 Å². The molecule has 1 aromatic rings. The molecule has 1 fully saturated rings. The Labute approximate surface area is 446 Å². The van der Waals surface area contributed by atoms with Gasteiger partial charge in [-0.2, -0.15) is 9.29 Å². The molecule has 19 nitrogen and oxygen atoms in total. The molecule has 0 bridgehead atoms. The number of ether oxygens (including phenoxy) is 3. The van der Waals surface area contributed by atoms with E-state index in [1.165, 1.54) is 83.1 Å². The van der Waals surface area contributed by atoms with Crippen LogP contribution in [0.25, 0.3) is 0 Å². The molecule has 6 N–H and O–H groups in total. The number of rotatable bonds is 45. The zero-order chi connectivity index (χ0) is 55.2. The van der Waals surface area contributed by atoms with E-state index in [0.717, 1.165) is 68.0 Å². The standard InChI is InChI=1S/C54H91N3O16P2/c1-4-5-29-35-45(58)36-31-26-22-18-14-12-16-19-23-27-32-37-49(59)68-41-46(71-50(60)38-33-28-24-20-15-11-9-7-6-8-10-13-17-21-25-30-34-44(2)3)42-69-74(64,65)73-75(66,67)70-43-47-51(61)52(62)53(72-47)57-40-39-48(55)56-54(57)63/h12,14,19,22-23,26,31,36,39-40,44,46-47,51-53,61-62H,4-11,13,15-18,20-21,24-25,27-30,32-35,37-38,41-43H2,1-3H3,(H,64,65)(H,66,67)(H2,55,56,63)/b14-12-,23-19-,26-22-,36-31+/t46-,47-,51-,52-,53-/m1/s1. The van der Waals surface area contributed by atoms with Gasteiger partial charge in [-0.1, -0.05) is 179 Å². The van der Waals surface area contributed by atoms with E-state index >= 15 is 0 Å². The molecule has 21 heteroatoms. The lowest BCUT2D eigenvalue weighted by Crippen LogP contribution is -2.36. The third-order valence-electron chi connectivity index (χ3n) is 12.3. The Balaban J connectivity index is 1.80. The zero-order valence-electron chi connectivity index (χ0n) is 45.0. The second kappa shape index (κ2) is 40.6. The number of esters is 2. The van der Waals surface area contributed by atoms with E-state index in [9.17, 15) is 48.3 Å². The third kappa shape index (κ3) is 34.0. The summed E-state index contributed by atoms with van der Waals surface area (Å²) in [7, 11) is -10.9. The number of phosphoric ester groups is 2. The van der Waals surface area contributed by atoms with Crippen molar-refractivity contribution in [1.82, 2.24) is 9.55 Å². The molecule has 2 rings (SSSR count). The third-order valence-corrected chi connectivity index (χ3v) is 14.9. The Bertz CT molecular complexity index is 2030. The summed E-state index contributed by atoms with van der Waals surface area (Å²) in [5.41, 5.74) is 4.58. The van der Waals surface area contributed by atoms with Gasteiger partial charge in [0.25, 0.3) is 0 Å². The molecule has 1 aliphatic rings. The fourth-order valence-corrected chi connectivity index (χ4v) is 10.1. The number of hydrogen-bond donors (Lipinski definition) is 5. The van der Waals surface area contributed by atoms with Crippen LogP contribution < -0.4 is 11.4 Å². The molecule has 1 aliphatic heterocycles. The van der Waals surface area contributed by atoms with Gasteiger partial charge in [-0.05, 0) is 56.6 Å². The largest absolute Gasteiger partial charge is 0.481 e. The van der Waals surface area contributed by atoms with Crippen LogP contribution in [0, 0.1) is 5.92 Å². The van der Waals surface area contributed by atoms with E-state index in [-0.39, 0.29) is 24.4 Å². The summed E-state index contributed by atoms with van der Waals surface area (Å²) in [5, 5.41) is 20.9.